The van der Waals surface area contributed by atoms with Crippen molar-refractivity contribution >= 4 is 10.8 Å². The number of hydrogen-bond acceptors (Lipinski definition) is 2. The van der Waals surface area contributed by atoms with Gasteiger partial charge in [0.05, 0.1) is 0 Å². The smallest absolute Gasteiger partial charge is 0.127 e. The van der Waals surface area contributed by atoms with Crippen LogP contribution in [0.3, 0.4) is 0 Å². The van der Waals surface area contributed by atoms with Crippen molar-refractivity contribution < 1.29 is 10.2 Å². The second-order valence-electron chi connectivity index (χ2n) is 13.4. The third-order valence-electron chi connectivity index (χ3n) is 11.3. The molecule has 32 heavy (non-hydrogen) atoms. The van der Waals surface area contributed by atoms with Gasteiger partial charge in [-0.05, 0) is 146 Å². The van der Waals surface area contributed by atoms with E-state index in [1.807, 2.05) is 6.07 Å². The minimum absolute atomic E-state index is 0.170. The lowest BCUT2D eigenvalue weighted by Gasteiger charge is -2.58. The Balaban J connectivity index is 1.33. The topological polar surface area (TPSA) is 40.5 Å². The molecular weight excluding hydrogens is 392 g/mol. The molecule has 8 aliphatic rings. The largest absolute Gasteiger partial charge is 0.508 e. The first-order valence-electron chi connectivity index (χ1n) is 13.5. The Bertz CT molecular complexity index is 1060. The van der Waals surface area contributed by atoms with Crippen LogP contribution in [-0.4, -0.2) is 10.2 Å². The van der Waals surface area contributed by atoms with Crippen LogP contribution in [0.4, 0.5) is 0 Å². The van der Waals surface area contributed by atoms with E-state index in [1.54, 1.807) is 0 Å². The van der Waals surface area contributed by atoms with Gasteiger partial charge >= 0.3 is 0 Å². The standard InChI is InChI=1S/C30H36O2/c31-24-9-23-1-2-25(29-11-17-3-18(12-29)5-19(4-17)13-29)28(32)27(23)26(10-24)30-14-20-6-21(15-30)8-22(7-20)16-30/h1-2,9-10,17-22,31-32H,3-8,11-16H2. The fraction of sp³-hybridized carbons (Fsp3) is 0.667. The molecule has 8 fully saturated rings. The van der Waals surface area contributed by atoms with E-state index in [2.05, 4.69) is 18.2 Å². The number of phenols is 2. The van der Waals surface area contributed by atoms with Crippen LogP contribution in [0, 0.1) is 35.5 Å². The summed E-state index contributed by atoms with van der Waals surface area (Å²) >= 11 is 0. The zero-order valence-electron chi connectivity index (χ0n) is 19.2. The molecule has 0 amide bonds. The number of fused-ring (bicyclic) bond motifs is 1. The highest BCUT2D eigenvalue weighted by Gasteiger charge is 2.54. The molecule has 8 saturated carbocycles. The first-order chi connectivity index (χ1) is 15.5. The Hall–Kier alpha value is -1.70. The van der Waals surface area contributed by atoms with Crippen molar-refractivity contribution in [3.63, 3.8) is 0 Å². The van der Waals surface area contributed by atoms with Crippen LogP contribution in [0.25, 0.3) is 10.8 Å². The number of rotatable bonds is 2. The second-order valence-corrected chi connectivity index (χ2v) is 13.4. The minimum atomic E-state index is 0.170. The van der Waals surface area contributed by atoms with Gasteiger partial charge in [-0.1, -0.05) is 12.1 Å². The van der Waals surface area contributed by atoms with Crippen LogP contribution in [0.2, 0.25) is 0 Å². The Morgan fingerprint density at radius 1 is 0.562 bits per heavy atom. The first kappa shape index (κ1) is 18.7. The molecule has 168 valence electrons. The molecule has 8 bridgehead atoms. The van der Waals surface area contributed by atoms with Crippen molar-refractivity contribution in [2.75, 3.05) is 0 Å². The molecular formula is C30H36O2. The number of phenolic OH excluding ortho intramolecular Hbond substituents is 2. The van der Waals surface area contributed by atoms with Gasteiger partial charge in [0.2, 0.25) is 0 Å². The van der Waals surface area contributed by atoms with Gasteiger partial charge in [0.1, 0.15) is 11.5 Å². The van der Waals surface area contributed by atoms with Crippen LogP contribution >= 0.6 is 0 Å². The molecule has 0 aromatic heterocycles. The highest BCUT2D eigenvalue weighted by molar-refractivity contribution is 5.94. The third kappa shape index (κ3) is 2.42. The lowest BCUT2D eigenvalue weighted by atomic mass is 9.47. The molecule has 0 atom stereocenters. The van der Waals surface area contributed by atoms with E-state index in [9.17, 15) is 10.2 Å². The normalized spacial score (nSPS) is 45.8. The molecule has 2 heteroatoms. The Morgan fingerprint density at radius 2 is 1.00 bits per heavy atom. The lowest BCUT2D eigenvalue weighted by Crippen LogP contribution is -2.49. The van der Waals surface area contributed by atoms with Crippen molar-refractivity contribution in [1.29, 1.82) is 0 Å². The number of aromatic hydroxyl groups is 2. The predicted octanol–water partition coefficient (Wildman–Crippen LogP) is 7.19. The highest BCUT2D eigenvalue weighted by atomic mass is 16.3. The fourth-order valence-electron chi connectivity index (χ4n) is 11.2. The molecule has 0 heterocycles. The van der Waals surface area contributed by atoms with E-state index in [0.29, 0.717) is 11.5 Å². The second kappa shape index (κ2) is 6.05. The zero-order chi connectivity index (χ0) is 21.2. The monoisotopic (exact) mass is 428 g/mol. The van der Waals surface area contributed by atoms with Crippen molar-refractivity contribution in [1.82, 2.24) is 0 Å². The molecule has 2 N–H and O–H groups in total. The molecule has 0 aliphatic heterocycles. The van der Waals surface area contributed by atoms with E-state index >= 15 is 0 Å². The minimum Gasteiger partial charge on any atom is -0.508 e. The summed E-state index contributed by atoms with van der Waals surface area (Å²) in [5.41, 5.74) is 2.91. The summed E-state index contributed by atoms with van der Waals surface area (Å²) < 4.78 is 0. The Labute approximate surface area is 191 Å². The Morgan fingerprint density at radius 3 is 1.47 bits per heavy atom. The average molecular weight is 429 g/mol. The molecule has 8 aliphatic carbocycles. The van der Waals surface area contributed by atoms with Gasteiger partial charge in [-0.3, -0.25) is 0 Å². The van der Waals surface area contributed by atoms with Crippen molar-refractivity contribution in [2.24, 2.45) is 35.5 Å². The van der Waals surface area contributed by atoms with Gasteiger partial charge in [-0.25, -0.2) is 0 Å². The van der Waals surface area contributed by atoms with Gasteiger partial charge in [0, 0.05) is 10.9 Å². The van der Waals surface area contributed by atoms with E-state index in [4.69, 9.17) is 0 Å². The fourth-order valence-corrected chi connectivity index (χ4v) is 11.2. The molecule has 10 rings (SSSR count). The van der Waals surface area contributed by atoms with Gasteiger partial charge in [0.15, 0.2) is 0 Å². The van der Waals surface area contributed by atoms with Crippen molar-refractivity contribution in [3.8, 4) is 11.5 Å². The molecule has 2 nitrogen and oxygen atoms in total. The molecule has 2 aromatic carbocycles. The summed E-state index contributed by atoms with van der Waals surface area (Å²) in [6.07, 6.45) is 16.2. The van der Waals surface area contributed by atoms with Crippen LogP contribution in [-0.2, 0) is 10.8 Å². The summed E-state index contributed by atoms with van der Waals surface area (Å²) in [5.74, 6) is 6.14. The van der Waals surface area contributed by atoms with E-state index in [-0.39, 0.29) is 10.8 Å². The first-order valence-corrected chi connectivity index (χ1v) is 13.5. The quantitative estimate of drug-likeness (QED) is 0.531. The lowest BCUT2D eigenvalue weighted by molar-refractivity contribution is -0.00654. The highest BCUT2D eigenvalue weighted by Crippen LogP contribution is 2.65. The van der Waals surface area contributed by atoms with Gasteiger partial charge in [0.25, 0.3) is 0 Å². The summed E-state index contributed by atoms with van der Waals surface area (Å²) in [5, 5.41) is 24.9. The SMILES string of the molecule is Oc1cc(C23CC4CC(CC(C4)C2)C3)c2c(O)c(C34CC5CC(CC(C5)C3)C4)ccc2c1. The molecule has 0 spiro atoms. The zero-order valence-corrected chi connectivity index (χ0v) is 19.2. The van der Waals surface area contributed by atoms with E-state index in [1.165, 1.54) is 88.2 Å². The molecule has 0 radical (unpaired) electrons. The average Bonchev–Trinajstić information content (AvgIpc) is 2.71. The van der Waals surface area contributed by atoms with Crippen LogP contribution in [0.5, 0.6) is 11.5 Å². The van der Waals surface area contributed by atoms with Gasteiger partial charge < -0.3 is 10.2 Å². The maximum absolute atomic E-state index is 12.0. The van der Waals surface area contributed by atoms with Gasteiger partial charge in [-0.2, -0.15) is 0 Å². The van der Waals surface area contributed by atoms with Crippen LogP contribution < -0.4 is 0 Å². The maximum Gasteiger partial charge on any atom is 0.127 e. The van der Waals surface area contributed by atoms with E-state index < -0.39 is 0 Å². The summed E-state index contributed by atoms with van der Waals surface area (Å²) in [6, 6.07) is 8.42. The van der Waals surface area contributed by atoms with Crippen molar-refractivity contribution in [2.45, 2.75) is 87.9 Å². The summed E-state index contributed by atoms with van der Waals surface area (Å²) in [7, 11) is 0. The maximum atomic E-state index is 12.0. The number of hydrogen-bond donors (Lipinski definition) is 2. The molecule has 0 saturated heterocycles. The van der Waals surface area contributed by atoms with Gasteiger partial charge in [-0.15, -0.1) is 0 Å². The number of benzene rings is 2. The summed E-state index contributed by atoms with van der Waals surface area (Å²) in [6.45, 7) is 0. The predicted molar refractivity (Wildman–Crippen MR) is 127 cm³/mol. The van der Waals surface area contributed by atoms with Crippen molar-refractivity contribution in [3.05, 3.63) is 35.4 Å². The third-order valence-corrected chi connectivity index (χ3v) is 11.3. The van der Waals surface area contributed by atoms with Crippen LogP contribution in [0.1, 0.15) is 88.2 Å². The van der Waals surface area contributed by atoms with E-state index in [0.717, 1.165) is 46.3 Å². The molecule has 2 aromatic rings. The Kier molecular flexibility index (Phi) is 3.53. The summed E-state index contributed by atoms with van der Waals surface area (Å²) in [4.78, 5) is 0. The molecule has 0 unspecified atom stereocenters. The van der Waals surface area contributed by atoms with Crippen LogP contribution in [0.15, 0.2) is 24.3 Å².